The van der Waals surface area contributed by atoms with Gasteiger partial charge in [-0.25, -0.2) is 4.39 Å². The Kier molecular flexibility index (Phi) is 8.41. The molecule has 168 valence electrons. The van der Waals surface area contributed by atoms with Crippen LogP contribution in [0.15, 0.2) is 36.4 Å². The van der Waals surface area contributed by atoms with E-state index in [1.165, 1.54) is 6.07 Å². The zero-order valence-corrected chi connectivity index (χ0v) is 19.3. The van der Waals surface area contributed by atoms with Crippen LogP contribution >= 0.6 is 23.2 Å². The lowest BCUT2D eigenvalue weighted by atomic mass is 10.0. The number of anilines is 2. The highest BCUT2D eigenvalue weighted by Gasteiger charge is 2.22. The summed E-state index contributed by atoms with van der Waals surface area (Å²) in [6.07, 6.45) is 2.78. The number of amides is 1. The maximum Gasteiger partial charge on any atom is 0.224 e. The Balaban J connectivity index is 1.44. The average molecular weight is 468 g/mol. The smallest absolute Gasteiger partial charge is 0.224 e. The molecule has 0 aromatic heterocycles. The Bertz CT molecular complexity index is 902. The summed E-state index contributed by atoms with van der Waals surface area (Å²) in [4.78, 5) is 16.5. The molecule has 2 aromatic rings. The van der Waals surface area contributed by atoms with Gasteiger partial charge in [-0.3, -0.25) is 4.79 Å². The van der Waals surface area contributed by atoms with E-state index in [0.717, 1.165) is 25.9 Å². The summed E-state index contributed by atoms with van der Waals surface area (Å²) in [5.41, 5.74) is 1.04. The molecule has 0 spiro atoms. The van der Waals surface area contributed by atoms with E-state index >= 15 is 0 Å². The van der Waals surface area contributed by atoms with Gasteiger partial charge in [0.1, 0.15) is 11.6 Å². The maximum atomic E-state index is 14.7. The van der Waals surface area contributed by atoms with Crippen molar-refractivity contribution in [3.8, 4) is 5.75 Å². The Labute approximate surface area is 193 Å². The van der Waals surface area contributed by atoms with Crippen LogP contribution in [-0.2, 0) is 4.79 Å². The summed E-state index contributed by atoms with van der Waals surface area (Å²) in [6.45, 7) is 1.98. The minimum Gasteiger partial charge on any atom is -0.492 e. The van der Waals surface area contributed by atoms with Crippen molar-refractivity contribution in [3.63, 3.8) is 0 Å². The minimum atomic E-state index is -0.318. The van der Waals surface area contributed by atoms with Crippen molar-refractivity contribution in [3.05, 3.63) is 52.3 Å². The maximum absolute atomic E-state index is 14.7. The number of nitrogens with one attached hydrogen (secondary N) is 1. The summed E-state index contributed by atoms with van der Waals surface area (Å²) < 4.78 is 20.2. The molecule has 1 saturated heterocycles. The number of ether oxygens (including phenoxy) is 1. The zero-order chi connectivity index (χ0) is 22.4. The first-order valence-corrected chi connectivity index (χ1v) is 11.2. The van der Waals surface area contributed by atoms with Gasteiger partial charge in [0.05, 0.1) is 17.3 Å². The molecule has 1 fully saturated rings. The highest BCUT2D eigenvalue weighted by Crippen LogP contribution is 2.28. The number of rotatable bonds is 8. The van der Waals surface area contributed by atoms with Gasteiger partial charge in [0.2, 0.25) is 5.91 Å². The van der Waals surface area contributed by atoms with Crippen molar-refractivity contribution in [2.75, 3.05) is 44.0 Å². The first kappa shape index (κ1) is 23.6. The molecule has 0 aliphatic carbocycles. The van der Waals surface area contributed by atoms with E-state index in [9.17, 15) is 9.18 Å². The van der Waals surface area contributed by atoms with Gasteiger partial charge in [-0.05, 0) is 69.8 Å². The number of benzene rings is 2. The molecule has 1 amide bonds. The molecular formula is C23H28Cl2FN3O2. The third kappa shape index (κ3) is 6.73. The standard InChI is InChI=1S/C23H28Cl2FN3O2/c1-28(2)18-9-11-29(12-10-18)21-7-6-17(15-20(21)26)27-23(30)4-3-13-31-22-8-5-16(24)14-19(22)25/h5-8,14-15,18H,3-4,9-13H2,1-2H3,(H,27,30). The summed E-state index contributed by atoms with van der Waals surface area (Å²) in [5, 5.41) is 3.71. The second-order valence-corrected chi connectivity index (χ2v) is 8.77. The molecule has 1 N–H and O–H groups in total. The van der Waals surface area contributed by atoms with Gasteiger partial charge in [-0.2, -0.15) is 0 Å². The quantitative estimate of drug-likeness (QED) is 0.523. The van der Waals surface area contributed by atoms with Gasteiger partial charge in [0.25, 0.3) is 0 Å². The molecule has 1 aliphatic heterocycles. The molecule has 31 heavy (non-hydrogen) atoms. The van der Waals surface area contributed by atoms with Crippen LogP contribution in [0.2, 0.25) is 10.0 Å². The fraction of sp³-hybridized carbons (Fsp3) is 0.435. The van der Waals surface area contributed by atoms with E-state index in [4.69, 9.17) is 27.9 Å². The van der Waals surface area contributed by atoms with E-state index in [-0.39, 0.29) is 18.1 Å². The van der Waals surface area contributed by atoms with Crippen molar-refractivity contribution in [1.29, 1.82) is 0 Å². The van der Waals surface area contributed by atoms with Crippen molar-refractivity contribution >= 4 is 40.5 Å². The van der Waals surface area contributed by atoms with E-state index in [2.05, 4.69) is 29.2 Å². The lowest BCUT2D eigenvalue weighted by molar-refractivity contribution is -0.116. The number of hydrogen-bond donors (Lipinski definition) is 1. The Morgan fingerprint density at radius 1 is 1.19 bits per heavy atom. The van der Waals surface area contributed by atoms with Crippen LogP contribution in [0, 0.1) is 5.82 Å². The van der Waals surface area contributed by atoms with Gasteiger partial charge >= 0.3 is 0 Å². The molecule has 0 saturated carbocycles. The van der Waals surface area contributed by atoms with Gasteiger partial charge in [0.15, 0.2) is 0 Å². The summed E-state index contributed by atoms with van der Waals surface area (Å²) >= 11 is 11.9. The molecule has 8 heteroatoms. The van der Waals surface area contributed by atoms with Crippen molar-refractivity contribution in [2.45, 2.75) is 31.7 Å². The first-order chi connectivity index (χ1) is 14.8. The van der Waals surface area contributed by atoms with Gasteiger partial charge in [-0.1, -0.05) is 23.2 Å². The number of halogens is 3. The lowest BCUT2D eigenvalue weighted by Gasteiger charge is -2.36. The number of carbonyl (C=O) groups is 1. The molecule has 0 unspecified atom stereocenters. The molecule has 1 heterocycles. The number of nitrogens with zero attached hydrogens (tertiary/aromatic N) is 2. The topological polar surface area (TPSA) is 44.8 Å². The number of hydrogen-bond acceptors (Lipinski definition) is 4. The molecule has 5 nitrogen and oxygen atoms in total. The predicted octanol–water partition coefficient (Wildman–Crippen LogP) is 5.46. The second-order valence-electron chi connectivity index (χ2n) is 7.92. The fourth-order valence-electron chi connectivity index (χ4n) is 3.69. The second kappa shape index (κ2) is 11.0. The van der Waals surface area contributed by atoms with E-state index in [1.54, 1.807) is 30.3 Å². The molecule has 2 aromatic carbocycles. The number of carbonyl (C=O) groups excluding carboxylic acids is 1. The zero-order valence-electron chi connectivity index (χ0n) is 17.8. The van der Waals surface area contributed by atoms with Crippen molar-refractivity contribution in [1.82, 2.24) is 4.90 Å². The highest BCUT2D eigenvalue weighted by atomic mass is 35.5. The van der Waals surface area contributed by atoms with Crippen LogP contribution in [0.1, 0.15) is 25.7 Å². The molecule has 0 atom stereocenters. The van der Waals surface area contributed by atoms with Gasteiger partial charge in [-0.15, -0.1) is 0 Å². The van der Waals surface area contributed by atoms with E-state index in [1.807, 2.05) is 0 Å². The van der Waals surface area contributed by atoms with Crippen LogP contribution in [0.5, 0.6) is 5.75 Å². The Morgan fingerprint density at radius 2 is 1.94 bits per heavy atom. The van der Waals surface area contributed by atoms with Crippen LogP contribution in [0.4, 0.5) is 15.8 Å². The van der Waals surface area contributed by atoms with Crippen LogP contribution in [0.25, 0.3) is 0 Å². The normalized spacial score (nSPS) is 14.7. The highest BCUT2D eigenvalue weighted by molar-refractivity contribution is 6.35. The van der Waals surface area contributed by atoms with Gasteiger partial charge in [0, 0.05) is 36.3 Å². The van der Waals surface area contributed by atoms with E-state index in [0.29, 0.717) is 46.2 Å². The predicted molar refractivity (Wildman–Crippen MR) is 125 cm³/mol. The average Bonchev–Trinajstić information content (AvgIpc) is 2.72. The van der Waals surface area contributed by atoms with Crippen molar-refractivity contribution in [2.24, 2.45) is 0 Å². The minimum absolute atomic E-state index is 0.190. The summed E-state index contributed by atoms with van der Waals surface area (Å²) in [6, 6.07) is 10.4. The molecule has 0 radical (unpaired) electrons. The van der Waals surface area contributed by atoms with Crippen LogP contribution in [0.3, 0.4) is 0 Å². The SMILES string of the molecule is CN(C)C1CCN(c2ccc(NC(=O)CCCOc3ccc(Cl)cc3Cl)cc2F)CC1. The third-order valence-electron chi connectivity index (χ3n) is 5.47. The Morgan fingerprint density at radius 3 is 2.58 bits per heavy atom. The summed E-state index contributed by atoms with van der Waals surface area (Å²) in [7, 11) is 4.16. The number of piperidine rings is 1. The van der Waals surface area contributed by atoms with Gasteiger partial charge < -0.3 is 19.9 Å². The monoisotopic (exact) mass is 467 g/mol. The van der Waals surface area contributed by atoms with Crippen molar-refractivity contribution < 1.29 is 13.9 Å². The Hall–Kier alpha value is -2.02. The third-order valence-corrected chi connectivity index (χ3v) is 6.00. The largest absolute Gasteiger partial charge is 0.492 e. The van der Waals surface area contributed by atoms with E-state index < -0.39 is 0 Å². The molecule has 1 aliphatic rings. The first-order valence-electron chi connectivity index (χ1n) is 10.4. The van der Waals surface area contributed by atoms with Crippen LogP contribution < -0.4 is 15.0 Å². The summed E-state index contributed by atoms with van der Waals surface area (Å²) in [5.74, 6) is 0.0188. The molecule has 3 rings (SSSR count). The molecule has 0 bridgehead atoms. The fourth-order valence-corrected chi connectivity index (χ4v) is 4.16. The molecular weight excluding hydrogens is 440 g/mol. The van der Waals surface area contributed by atoms with Crippen LogP contribution in [-0.4, -0.2) is 50.6 Å². The lowest BCUT2D eigenvalue weighted by Crippen LogP contribution is -2.42.